The monoisotopic (exact) mass is 230 g/mol. The summed E-state index contributed by atoms with van der Waals surface area (Å²) < 4.78 is 5.66. The zero-order chi connectivity index (χ0) is 8.97. The molecule has 0 amide bonds. The minimum atomic E-state index is -0.124. The van der Waals surface area contributed by atoms with Gasteiger partial charge in [-0.05, 0) is 12.8 Å². The fraction of sp³-hybridized carbons (Fsp3) is 0.444. The first-order chi connectivity index (χ1) is 5.70. The fourth-order valence-electron chi connectivity index (χ4n) is 1.08. The van der Waals surface area contributed by atoms with Crippen LogP contribution in [0.15, 0.2) is 23.2 Å². The van der Waals surface area contributed by atoms with Crippen molar-refractivity contribution in [2.75, 3.05) is 6.61 Å². The first-order valence-electron chi connectivity index (χ1n) is 3.85. The Morgan fingerprint density at radius 2 is 2.17 bits per heavy atom. The van der Waals surface area contributed by atoms with E-state index < -0.39 is 0 Å². The standard InChI is InChI=1S/C9H11BrO2/c1-7(10)6-12-9(11)8-4-2-3-5-8/h2-3,8H,1,4-6H2. The summed E-state index contributed by atoms with van der Waals surface area (Å²) in [5, 5.41) is 0. The molecule has 0 aromatic heterocycles. The highest BCUT2D eigenvalue weighted by Gasteiger charge is 2.20. The van der Waals surface area contributed by atoms with Crippen LogP contribution in [0.4, 0.5) is 0 Å². The number of carbonyl (C=O) groups excluding carboxylic acids is 1. The van der Waals surface area contributed by atoms with Crippen molar-refractivity contribution in [3.63, 3.8) is 0 Å². The minimum absolute atomic E-state index is 0.0387. The number of halogens is 1. The third kappa shape index (κ3) is 2.81. The van der Waals surface area contributed by atoms with Crippen LogP contribution in [0.2, 0.25) is 0 Å². The number of rotatable bonds is 3. The van der Waals surface area contributed by atoms with E-state index in [2.05, 4.69) is 22.5 Å². The minimum Gasteiger partial charge on any atom is -0.460 e. The Balaban J connectivity index is 2.24. The van der Waals surface area contributed by atoms with Crippen LogP contribution >= 0.6 is 15.9 Å². The third-order valence-corrected chi connectivity index (χ3v) is 1.94. The summed E-state index contributed by atoms with van der Waals surface area (Å²) >= 11 is 3.12. The molecule has 0 aliphatic heterocycles. The molecule has 0 aromatic rings. The van der Waals surface area contributed by atoms with Crippen LogP contribution < -0.4 is 0 Å². The van der Waals surface area contributed by atoms with Gasteiger partial charge < -0.3 is 4.74 Å². The van der Waals surface area contributed by atoms with Crippen molar-refractivity contribution in [1.29, 1.82) is 0 Å². The highest BCUT2D eigenvalue weighted by molar-refractivity contribution is 9.11. The van der Waals surface area contributed by atoms with Gasteiger partial charge in [-0.2, -0.15) is 0 Å². The number of esters is 1. The van der Waals surface area contributed by atoms with Gasteiger partial charge in [0.05, 0.1) is 5.92 Å². The first kappa shape index (κ1) is 9.52. The average molecular weight is 231 g/mol. The number of carbonyl (C=O) groups is 1. The second-order valence-corrected chi connectivity index (χ2v) is 3.89. The molecular formula is C9H11BrO2. The molecule has 0 heterocycles. The predicted octanol–water partition coefficient (Wildman–Crippen LogP) is 2.40. The van der Waals surface area contributed by atoms with Crippen molar-refractivity contribution in [1.82, 2.24) is 0 Å². The summed E-state index contributed by atoms with van der Waals surface area (Å²) in [6.07, 6.45) is 5.64. The van der Waals surface area contributed by atoms with Crippen molar-refractivity contribution in [3.8, 4) is 0 Å². The average Bonchev–Trinajstić information content (AvgIpc) is 2.51. The molecule has 1 aliphatic rings. The van der Waals surface area contributed by atoms with Crippen LogP contribution in [0.25, 0.3) is 0 Å². The zero-order valence-electron chi connectivity index (χ0n) is 6.75. The Morgan fingerprint density at radius 3 is 2.67 bits per heavy atom. The van der Waals surface area contributed by atoms with Gasteiger partial charge in [-0.1, -0.05) is 34.7 Å². The van der Waals surface area contributed by atoms with E-state index in [0.29, 0.717) is 4.48 Å². The lowest BCUT2D eigenvalue weighted by Gasteiger charge is -2.08. The van der Waals surface area contributed by atoms with Crippen molar-refractivity contribution in [2.45, 2.75) is 12.8 Å². The lowest BCUT2D eigenvalue weighted by atomic mass is 10.1. The van der Waals surface area contributed by atoms with Crippen LogP contribution in [-0.2, 0) is 9.53 Å². The van der Waals surface area contributed by atoms with Gasteiger partial charge in [0.15, 0.2) is 0 Å². The molecule has 0 spiro atoms. The van der Waals surface area contributed by atoms with E-state index >= 15 is 0 Å². The van der Waals surface area contributed by atoms with Gasteiger partial charge in [0.25, 0.3) is 0 Å². The molecule has 66 valence electrons. The summed E-state index contributed by atoms with van der Waals surface area (Å²) in [4.78, 5) is 11.2. The van der Waals surface area contributed by atoms with Crippen LogP contribution in [0.3, 0.4) is 0 Å². The Hall–Kier alpha value is -0.570. The van der Waals surface area contributed by atoms with Gasteiger partial charge in [-0.15, -0.1) is 0 Å². The maximum atomic E-state index is 11.2. The number of hydrogen-bond acceptors (Lipinski definition) is 2. The maximum Gasteiger partial charge on any atom is 0.309 e. The van der Waals surface area contributed by atoms with Crippen LogP contribution in [0.1, 0.15) is 12.8 Å². The molecule has 0 unspecified atom stereocenters. The third-order valence-electron chi connectivity index (χ3n) is 1.71. The van der Waals surface area contributed by atoms with Gasteiger partial charge in [0.2, 0.25) is 0 Å². The van der Waals surface area contributed by atoms with Gasteiger partial charge in [-0.3, -0.25) is 4.79 Å². The van der Waals surface area contributed by atoms with Gasteiger partial charge in [-0.25, -0.2) is 0 Å². The largest absolute Gasteiger partial charge is 0.460 e. The highest BCUT2D eigenvalue weighted by Crippen LogP contribution is 2.19. The molecular weight excluding hydrogens is 220 g/mol. The molecule has 0 N–H and O–H groups in total. The second kappa shape index (κ2) is 4.45. The van der Waals surface area contributed by atoms with Crippen LogP contribution in [0.5, 0.6) is 0 Å². The Labute approximate surface area is 80.4 Å². The summed E-state index contributed by atoms with van der Waals surface area (Å²) in [7, 11) is 0. The lowest BCUT2D eigenvalue weighted by Crippen LogP contribution is -2.15. The van der Waals surface area contributed by atoms with Crippen molar-refractivity contribution in [2.24, 2.45) is 5.92 Å². The molecule has 12 heavy (non-hydrogen) atoms. The Bertz CT molecular complexity index is 213. The molecule has 0 aromatic carbocycles. The first-order valence-corrected chi connectivity index (χ1v) is 4.64. The van der Waals surface area contributed by atoms with E-state index in [1.807, 2.05) is 12.2 Å². The lowest BCUT2D eigenvalue weighted by molar-refractivity contribution is -0.146. The summed E-state index contributed by atoms with van der Waals surface area (Å²) in [5.74, 6) is -0.0857. The van der Waals surface area contributed by atoms with E-state index in [0.717, 1.165) is 12.8 Å². The number of hydrogen-bond donors (Lipinski definition) is 0. The quantitative estimate of drug-likeness (QED) is 0.550. The molecule has 0 bridgehead atoms. The fourth-order valence-corrected chi connectivity index (χ4v) is 1.19. The zero-order valence-corrected chi connectivity index (χ0v) is 8.34. The van der Waals surface area contributed by atoms with Gasteiger partial charge in [0.1, 0.15) is 6.61 Å². The number of ether oxygens (including phenoxy) is 1. The molecule has 0 saturated heterocycles. The molecule has 0 saturated carbocycles. The normalized spacial score (nSPS) is 16.4. The van der Waals surface area contributed by atoms with Gasteiger partial charge >= 0.3 is 5.97 Å². The molecule has 1 aliphatic carbocycles. The summed E-state index contributed by atoms with van der Waals surface area (Å²) in [5.41, 5.74) is 0. The SMILES string of the molecule is C=C(Br)COC(=O)C1CC=CC1. The summed E-state index contributed by atoms with van der Waals surface area (Å²) in [6, 6.07) is 0. The highest BCUT2D eigenvalue weighted by atomic mass is 79.9. The molecule has 0 radical (unpaired) electrons. The van der Waals surface area contributed by atoms with Crippen molar-refractivity contribution < 1.29 is 9.53 Å². The van der Waals surface area contributed by atoms with Crippen LogP contribution in [-0.4, -0.2) is 12.6 Å². The van der Waals surface area contributed by atoms with E-state index in [9.17, 15) is 4.79 Å². The van der Waals surface area contributed by atoms with E-state index in [1.54, 1.807) is 0 Å². The topological polar surface area (TPSA) is 26.3 Å². The molecule has 0 fully saturated rings. The van der Waals surface area contributed by atoms with E-state index in [-0.39, 0.29) is 18.5 Å². The van der Waals surface area contributed by atoms with Gasteiger partial charge in [0, 0.05) is 4.48 Å². The number of allylic oxidation sites excluding steroid dienone is 2. The smallest absolute Gasteiger partial charge is 0.309 e. The van der Waals surface area contributed by atoms with E-state index in [1.165, 1.54) is 0 Å². The Morgan fingerprint density at radius 1 is 1.58 bits per heavy atom. The second-order valence-electron chi connectivity index (χ2n) is 2.76. The summed E-state index contributed by atoms with van der Waals surface area (Å²) in [6.45, 7) is 3.85. The maximum absolute atomic E-state index is 11.2. The van der Waals surface area contributed by atoms with Crippen LogP contribution in [0, 0.1) is 5.92 Å². The van der Waals surface area contributed by atoms with E-state index in [4.69, 9.17) is 4.74 Å². The van der Waals surface area contributed by atoms with Crippen molar-refractivity contribution >= 4 is 21.9 Å². The Kier molecular flexibility index (Phi) is 3.53. The van der Waals surface area contributed by atoms with Crippen molar-refractivity contribution in [3.05, 3.63) is 23.2 Å². The molecule has 3 heteroatoms. The molecule has 1 rings (SSSR count). The predicted molar refractivity (Wildman–Crippen MR) is 50.9 cm³/mol. The molecule has 0 atom stereocenters. The molecule has 2 nitrogen and oxygen atoms in total.